The van der Waals surface area contributed by atoms with Crippen LogP contribution in [0.15, 0.2) is 45.6 Å². The lowest BCUT2D eigenvalue weighted by Gasteiger charge is -2.41. The average molecular weight is 534 g/mol. The van der Waals surface area contributed by atoms with Gasteiger partial charge in [-0.3, -0.25) is 14.4 Å². The standard InChI is InChI=1S/C24H22O14/c25-8-14-18(32)20(34)23(37-16(31)7-15(29)30)24(36-14)38-22-19(33)17-12(28)5-11(27)6-13(17)35-21(22)9-1-3-10(26)4-2-9/h1-6,14,18,20,23-28,32,34H,7-8H2,(H,29,30)/t14-,18-,20+,23-,24+/m1/s1. The van der Waals surface area contributed by atoms with Gasteiger partial charge in [-0.25, -0.2) is 0 Å². The van der Waals surface area contributed by atoms with Crippen LogP contribution >= 0.6 is 0 Å². The van der Waals surface area contributed by atoms with Crippen LogP contribution in [0.2, 0.25) is 0 Å². The minimum absolute atomic E-state index is 0.126. The zero-order chi connectivity index (χ0) is 27.7. The van der Waals surface area contributed by atoms with Crippen molar-refractivity contribution in [1.82, 2.24) is 0 Å². The fraction of sp³-hybridized carbons (Fsp3) is 0.292. The van der Waals surface area contributed by atoms with E-state index in [-0.39, 0.29) is 22.7 Å². The number of phenols is 3. The first-order chi connectivity index (χ1) is 18.0. The molecule has 2 heterocycles. The topological polar surface area (TPSA) is 234 Å². The van der Waals surface area contributed by atoms with E-state index in [4.69, 9.17) is 23.7 Å². The van der Waals surface area contributed by atoms with Gasteiger partial charge in [0.25, 0.3) is 0 Å². The molecule has 2 aromatic carbocycles. The van der Waals surface area contributed by atoms with Gasteiger partial charge in [-0.2, -0.15) is 0 Å². The summed E-state index contributed by atoms with van der Waals surface area (Å²) in [5.41, 5.74) is -1.08. The van der Waals surface area contributed by atoms with Crippen molar-refractivity contribution in [2.45, 2.75) is 37.1 Å². The molecule has 0 amide bonds. The summed E-state index contributed by atoms with van der Waals surface area (Å²) in [6.45, 7) is -0.828. The number of fused-ring (bicyclic) bond motifs is 1. The van der Waals surface area contributed by atoms with Gasteiger partial charge in [0.2, 0.25) is 17.5 Å². The van der Waals surface area contributed by atoms with Gasteiger partial charge in [0.05, 0.1) is 6.61 Å². The molecule has 0 bridgehead atoms. The molecule has 1 aliphatic heterocycles. The number of aliphatic hydroxyl groups excluding tert-OH is 3. The molecule has 0 unspecified atom stereocenters. The van der Waals surface area contributed by atoms with E-state index in [1.165, 1.54) is 24.3 Å². The largest absolute Gasteiger partial charge is 0.508 e. The Balaban J connectivity index is 1.86. The first kappa shape index (κ1) is 26.7. The maximum atomic E-state index is 13.5. The van der Waals surface area contributed by atoms with Crippen molar-refractivity contribution >= 4 is 22.9 Å². The van der Waals surface area contributed by atoms with E-state index in [1.807, 2.05) is 0 Å². The number of carbonyl (C=O) groups is 2. The minimum Gasteiger partial charge on any atom is -0.508 e. The normalized spacial score (nSPS) is 23.2. The Labute approximate surface area is 212 Å². The Bertz CT molecular complexity index is 1410. The van der Waals surface area contributed by atoms with Gasteiger partial charge in [0.15, 0.2) is 11.9 Å². The number of carbonyl (C=O) groups excluding carboxylic acids is 1. The summed E-state index contributed by atoms with van der Waals surface area (Å²) in [7, 11) is 0. The Morgan fingerprint density at radius 1 is 0.974 bits per heavy atom. The second-order valence-corrected chi connectivity index (χ2v) is 8.32. The van der Waals surface area contributed by atoms with Crippen LogP contribution in [0.1, 0.15) is 6.42 Å². The van der Waals surface area contributed by atoms with E-state index in [9.17, 15) is 45.0 Å². The van der Waals surface area contributed by atoms with E-state index in [1.54, 1.807) is 0 Å². The molecule has 0 saturated carbocycles. The van der Waals surface area contributed by atoms with Crippen LogP contribution in [0.3, 0.4) is 0 Å². The van der Waals surface area contributed by atoms with Crippen LogP contribution in [0.4, 0.5) is 0 Å². The number of rotatable bonds is 7. The summed E-state index contributed by atoms with van der Waals surface area (Å²) in [4.78, 5) is 36.4. The Morgan fingerprint density at radius 2 is 1.66 bits per heavy atom. The number of phenolic OH excluding ortho intramolecular Hbond substituents is 3. The van der Waals surface area contributed by atoms with Crippen LogP contribution < -0.4 is 10.2 Å². The second-order valence-electron chi connectivity index (χ2n) is 8.32. The highest BCUT2D eigenvalue weighted by Crippen LogP contribution is 2.37. The molecule has 3 aromatic rings. The molecule has 0 aliphatic carbocycles. The number of carboxylic acids is 1. The number of aliphatic hydroxyl groups is 3. The molecule has 0 radical (unpaired) electrons. The van der Waals surface area contributed by atoms with Crippen LogP contribution in [0.25, 0.3) is 22.3 Å². The number of ether oxygens (including phenoxy) is 3. The SMILES string of the molecule is O=C(O)CC(=O)O[C@H]1[C@H](Oc2c(-c3ccc(O)cc3)oc3cc(O)cc(O)c3c2=O)O[C@H](CO)[C@@H](O)[C@@H]1O. The quantitative estimate of drug-likeness (QED) is 0.153. The van der Waals surface area contributed by atoms with Gasteiger partial charge in [-0.1, -0.05) is 0 Å². The Hall–Kier alpha value is -4.37. The smallest absolute Gasteiger partial charge is 0.317 e. The number of hydrogen-bond acceptors (Lipinski definition) is 13. The van der Waals surface area contributed by atoms with Crippen LogP contribution in [0, 0.1) is 0 Å². The lowest BCUT2D eigenvalue weighted by molar-refractivity contribution is -0.282. The fourth-order valence-corrected chi connectivity index (χ4v) is 3.89. The molecule has 1 aromatic heterocycles. The predicted octanol–water partition coefficient (Wildman–Crippen LogP) is -0.219. The summed E-state index contributed by atoms with van der Waals surface area (Å²) >= 11 is 0. The lowest BCUT2D eigenvalue weighted by atomic mass is 9.99. The van der Waals surface area contributed by atoms with Gasteiger partial charge in [-0.15, -0.1) is 0 Å². The Kier molecular flexibility index (Phi) is 7.41. The molecule has 0 spiro atoms. The number of esters is 1. The van der Waals surface area contributed by atoms with Crippen molar-refractivity contribution in [3.8, 4) is 34.3 Å². The Morgan fingerprint density at radius 3 is 2.29 bits per heavy atom. The molecule has 202 valence electrons. The summed E-state index contributed by atoms with van der Waals surface area (Å²) < 4.78 is 21.9. The number of hydrogen-bond donors (Lipinski definition) is 7. The zero-order valence-electron chi connectivity index (χ0n) is 19.3. The molecule has 7 N–H and O–H groups in total. The summed E-state index contributed by atoms with van der Waals surface area (Å²) in [6.07, 6.45) is -10.1. The first-order valence-corrected chi connectivity index (χ1v) is 11.0. The van der Waals surface area contributed by atoms with E-state index >= 15 is 0 Å². The molecular weight excluding hydrogens is 512 g/mol. The highest BCUT2D eigenvalue weighted by molar-refractivity contribution is 5.90. The van der Waals surface area contributed by atoms with Gasteiger partial charge >= 0.3 is 11.9 Å². The number of benzene rings is 2. The third-order valence-corrected chi connectivity index (χ3v) is 5.67. The molecule has 14 nitrogen and oxygen atoms in total. The minimum atomic E-state index is -1.95. The third-order valence-electron chi connectivity index (χ3n) is 5.67. The van der Waals surface area contributed by atoms with Gasteiger partial charge in [-0.05, 0) is 24.3 Å². The van der Waals surface area contributed by atoms with Crippen molar-refractivity contribution in [3.05, 3.63) is 46.6 Å². The van der Waals surface area contributed by atoms with E-state index < -0.39 is 83.7 Å². The third kappa shape index (κ3) is 5.19. The maximum absolute atomic E-state index is 13.5. The van der Waals surface area contributed by atoms with E-state index in [0.29, 0.717) is 0 Å². The van der Waals surface area contributed by atoms with Crippen LogP contribution in [-0.4, -0.2) is 85.0 Å². The maximum Gasteiger partial charge on any atom is 0.317 e. The molecule has 4 rings (SSSR count). The average Bonchev–Trinajstić information content (AvgIpc) is 2.84. The predicted molar refractivity (Wildman–Crippen MR) is 123 cm³/mol. The van der Waals surface area contributed by atoms with Gasteiger partial charge in [0.1, 0.15) is 53.0 Å². The van der Waals surface area contributed by atoms with Crippen molar-refractivity contribution < 1.29 is 64.0 Å². The molecule has 1 fully saturated rings. The molecule has 5 atom stereocenters. The van der Waals surface area contributed by atoms with Crippen molar-refractivity contribution in [3.63, 3.8) is 0 Å². The monoisotopic (exact) mass is 534 g/mol. The summed E-state index contributed by atoms with van der Waals surface area (Å²) in [5.74, 6) is -5.04. The number of aromatic hydroxyl groups is 3. The second kappa shape index (κ2) is 10.5. The molecular formula is C24H22O14. The molecule has 38 heavy (non-hydrogen) atoms. The highest BCUT2D eigenvalue weighted by atomic mass is 16.7. The zero-order valence-corrected chi connectivity index (χ0v) is 19.3. The fourth-order valence-electron chi connectivity index (χ4n) is 3.89. The van der Waals surface area contributed by atoms with Gasteiger partial charge < -0.3 is 54.4 Å². The van der Waals surface area contributed by atoms with Crippen molar-refractivity contribution in [1.29, 1.82) is 0 Å². The summed E-state index contributed by atoms with van der Waals surface area (Å²) in [5, 5.41) is 68.6. The molecule has 1 saturated heterocycles. The molecule has 1 aliphatic rings. The van der Waals surface area contributed by atoms with Crippen molar-refractivity contribution in [2.75, 3.05) is 6.61 Å². The highest BCUT2D eigenvalue weighted by Gasteiger charge is 2.48. The number of carboxylic acid groups (broad SMARTS) is 1. The van der Waals surface area contributed by atoms with Crippen LogP contribution in [0.5, 0.6) is 23.0 Å². The first-order valence-electron chi connectivity index (χ1n) is 11.0. The van der Waals surface area contributed by atoms with E-state index in [0.717, 1.165) is 12.1 Å². The van der Waals surface area contributed by atoms with E-state index in [2.05, 4.69) is 0 Å². The molecule has 14 heteroatoms. The van der Waals surface area contributed by atoms with Gasteiger partial charge in [0, 0.05) is 17.7 Å². The number of aliphatic carboxylic acids is 1. The van der Waals surface area contributed by atoms with Crippen molar-refractivity contribution in [2.24, 2.45) is 0 Å². The summed E-state index contributed by atoms with van der Waals surface area (Å²) in [6, 6.07) is 7.14. The van der Waals surface area contributed by atoms with Crippen LogP contribution in [-0.2, 0) is 19.1 Å². The lowest BCUT2D eigenvalue weighted by Crippen LogP contribution is -2.61.